The van der Waals surface area contributed by atoms with Crippen LogP contribution < -0.4 is 5.32 Å². The Morgan fingerprint density at radius 3 is 2.79 bits per heavy atom. The summed E-state index contributed by atoms with van der Waals surface area (Å²) in [6.45, 7) is 8.53. The number of rotatable bonds is 6. The number of hydrogen-bond donors (Lipinski definition) is 1. The van der Waals surface area contributed by atoms with Crippen LogP contribution in [0.5, 0.6) is 0 Å². The van der Waals surface area contributed by atoms with Crippen LogP contribution in [0, 0.1) is 0 Å². The van der Waals surface area contributed by atoms with E-state index in [1.165, 1.54) is 5.01 Å². The average molecular weight is 213 g/mol. The smallest absolute Gasteiger partial charge is 0.120 e. The normalized spacial score (nSPS) is 13.1. The Kier molecular flexibility index (Phi) is 5.04. The second-order valence-electron chi connectivity index (χ2n) is 3.45. The molecule has 4 heteroatoms. The van der Waals surface area contributed by atoms with E-state index in [0.717, 1.165) is 30.9 Å². The number of nitrogens with one attached hydrogen (secondary N) is 1. The summed E-state index contributed by atoms with van der Waals surface area (Å²) in [6.07, 6.45) is 2.14. The van der Waals surface area contributed by atoms with Gasteiger partial charge in [0.1, 0.15) is 10.0 Å². The molecule has 0 spiro atoms. The monoisotopic (exact) mass is 213 g/mol. The van der Waals surface area contributed by atoms with Crippen molar-refractivity contribution in [3.63, 3.8) is 0 Å². The zero-order chi connectivity index (χ0) is 10.4. The Hall–Kier alpha value is -0.480. The van der Waals surface area contributed by atoms with Crippen molar-refractivity contribution in [3.8, 4) is 0 Å². The lowest BCUT2D eigenvalue weighted by Gasteiger charge is -2.00. The van der Waals surface area contributed by atoms with E-state index in [4.69, 9.17) is 0 Å². The minimum Gasteiger partial charge on any atom is -0.317 e. The Labute approximate surface area is 89.9 Å². The van der Waals surface area contributed by atoms with Gasteiger partial charge in [-0.15, -0.1) is 21.5 Å². The maximum Gasteiger partial charge on any atom is 0.120 e. The summed E-state index contributed by atoms with van der Waals surface area (Å²) in [6, 6.07) is 0. The van der Waals surface area contributed by atoms with Gasteiger partial charge in [-0.25, -0.2) is 0 Å². The van der Waals surface area contributed by atoms with Crippen LogP contribution in [0.1, 0.15) is 43.1 Å². The minimum atomic E-state index is 0.556. The molecule has 1 N–H and O–H groups in total. The maximum absolute atomic E-state index is 4.21. The second kappa shape index (κ2) is 6.09. The number of likely N-dealkylation sites (N-methyl/N-ethyl adjacent to an activating group) is 1. The molecule has 0 aromatic carbocycles. The molecule has 1 aromatic heterocycles. The molecule has 0 aliphatic heterocycles. The van der Waals surface area contributed by atoms with Crippen molar-refractivity contribution >= 4 is 11.3 Å². The molecule has 1 unspecified atom stereocenters. The highest BCUT2D eigenvalue weighted by molar-refractivity contribution is 7.11. The Morgan fingerprint density at radius 1 is 1.36 bits per heavy atom. The van der Waals surface area contributed by atoms with Crippen molar-refractivity contribution in [3.05, 3.63) is 10.0 Å². The van der Waals surface area contributed by atoms with Crippen molar-refractivity contribution in [2.24, 2.45) is 0 Å². The van der Waals surface area contributed by atoms with E-state index in [1.54, 1.807) is 11.3 Å². The summed E-state index contributed by atoms with van der Waals surface area (Å²) in [7, 11) is 0. The summed E-state index contributed by atoms with van der Waals surface area (Å²) in [4.78, 5) is 0. The van der Waals surface area contributed by atoms with Gasteiger partial charge in [0.15, 0.2) is 0 Å². The number of aromatic nitrogens is 2. The second-order valence-corrected chi connectivity index (χ2v) is 4.54. The molecule has 1 rings (SSSR count). The number of hydrogen-bond acceptors (Lipinski definition) is 4. The lowest BCUT2D eigenvalue weighted by Crippen LogP contribution is -2.15. The third kappa shape index (κ3) is 3.35. The Balaban J connectivity index is 2.42. The summed E-state index contributed by atoms with van der Waals surface area (Å²) in [5.74, 6) is 0.556. The van der Waals surface area contributed by atoms with E-state index in [2.05, 4.69) is 36.3 Å². The maximum atomic E-state index is 4.21. The van der Waals surface area contributed by atoms with Crippen LogP contribution in [-0.4, -0.2) is 23.3 Å². The lowest BCUT2D eigenvalue weighted by molar-refractivity contribution is 0.700. The van der Waals surface area contributed by atoms with Crippen LogP contribution in [0.25, 0.3) is 0 Å². The Bertz CT molecular complexity index is 260. The molecule has 0 bridgehead atoms. The first-order chi connectivity index (χ1) is 6.77. The van der Waals surface area contributed by atoms with Gasteiger partial charge in [0.2, 0.25) is 0 Å². The van der Waals surface area contributed by atoms with Crippen molar-refractivity contribution in [1.82, 2.24) is 15.5 Å². The highest BCUT2D eigenvalue weighted by Crippen LogP contribution is 2.22. The van der Waals surface area contributed by atoms with Crippen LogP contribution in [-0.2, 0) is 6.42 Å². The van der Waals surface area contributed by atoms with Gasteiger partial charge in [0.25, 0.3) is 0 Å². The Morgan fingerprint density at radius 2 is 2.14 bits per heavy atom. The van der Waals surface area contributed by atoms with E-state index in [1.807, 2.05) is 0 Å². The molecular formula is C10H19N3S. The van der Waals surface area contributed by atoms with E-state index < -0.39 is 0 Å². The van der Waals surface area contributed by atoms with Crippen molar-refractivity contribution in [1.29, 1.82) is 0 Å². The van der Waals surface area contributed by atoms with E-state index >= 15 is 0 Å². The van der Waals surface area contributed by atoms with Gasteiger partial charge in [-0.05, 0) is 13.0 Å². The van der Waals surface area contributed by atoms with E-state index in [0.29, 0.717) is 5.92 Å². The van der Waals surface area contributed by atoms with Crippen molar-refractivity contribution in [2.45, 2.75) is 39.5 Å². The third-order valence-electron chi connectivity index (χ3n) is 2.28. The molecule has 0 amide bonds. The van der Waals surface area contributed by atoms with Gasteiger partial charge in [0.05, 0.1) is 0 Å². The topological polar surface area (TPSA) is 37.8 Å². The molecule has 1 aromatic rings. The van der Waals surface area contributed by atoms with Crippen LogP contribution in [0.15, 0.2) is 0 Å². The molecule has 0 aliphatic carbocycles. The fourth-order valence-electron chi connectivity index (χ4n) is 1.11. The first kappa shape index (κ1) is 11.6. The lowest BCUT2D eigenvalue weighted by atomic mass is 10.1. The first-order valence-electron chi connectivity index (χ1n) is 5.30. The molecule has 0 fully saturated rings. The summed E-state index contributed by atoms with van der Waals surface area (Å²) < 4.78 is 0. The van der Waals surface area contributed by atoms with Gasteiger partial charge in [0, 0.05) is 18.9 Å². The van der Waals surface area contributed by atoms with Crippen LogP contribution in [0.4, 0.5) is 0 Å². The standard InChI is InChI=1S/C10H19N3S/c1-4-8(3)10-13-12-9(14-10)6-7-11-5-2/h8,11H,4-7H2,1-3H3. The molecule has 3 nitrogen and oxygen atoms in total. The minimum absolute atomic E-state index is 0.556. The van der Waals surface area contributed by atoms with Gasteiger partial charge < -0.3 is 5.32 Å². The van der Waals surface area contributed by atoms with E-state index in [-0.39, 0.29) is 0 Å². The third-order valence-corrected chi connectivity index (χ3v) is 3.50. The van der Waals surface area contributed by atoms with Crippen LogP contribution in [0.2, 0.25) is 0 Å². The predicted molar refractivity (Wildman–Crippen MR) is 60.9 cm³/mol. The molecule has 1 atom stereocenters. The molecule has 80 valence electrons. The summed E-state index contributed by atoms with van der Waals surface area (Å²) in [5, 5.41) is 14.0. The molecule has 0 saturated carbocycles. The van der Waals surface area contributed by atoms with E-state index in [9.17, 15) is 0 Å². The zero-order valence-corrected chi connectivity index (χ0v) is 10.0. The molecule has 1 heterocycles. The van der Waals surface area contributed by atoms with Crippen molar-refractivity contribution < 1.29 is 0 Å². The molecule has 0 radical (unpaired) electrons. The molecular weight excluding hydrogens is 194 g/mol. The summed E-state index contributed by atoms with van der Waals surface area (Å²) >= 11 is 1.75. The van der Waals surface area contributed by atoms with Gasteiger partial charge >= 0.3 is 0 Å². The zero-order valence-electron chi connectivity index (χ0n) is 9.21. The van der Waals surface area contributed by atoms with Crippen LogP contribution in [0.3, 0.4) is 0 Å². The van der Waals surface area contributed by atoms with Gasteiger partial charge in [-0.3, -0.25) is 0 Å². The van der Waals surface area contributed by atoms with Crippen LogP contribution >= 0.6 is 11.3 Å². The highest BCUT2D eigenvalue weighted by Gasteiger charge is 2.09. The largest absolute Gasteiger partial charge is 0.317 e. The predicted octanol–water partition coefficient (Wildman–Crippen LogP) is 2.20. The number of nitrogens with zero attached hydrogens (tertiary/aromatic N) is 2. The highest BCUT2D eigenvalue weighted by atomic mass is 32.1. The molecule has 14 heavy (non-hydrogen) atoms. The fourth-order valence-corrected chi connectivity index (χ4v) is 2.09. The SMILES string of the molecule is CCNCCc1nnc(C(C)CC)s1. The van der Waals surface area contributed by atoms with Gasteiger partial charge in [-0.1, -0.05) is 20.8 Å². The molecule has 0 aliphatic rings. The summed E-state index contributed by atoms with van der Waals surface area (Å²) in [5.41, 5.74) is 0. The van der Waals surface area contributed by atoms with Crippen molar-refractivity contribution in [2.75, 3.05) is 13.1 Å². The van der Waals surface area contributed by atoms with Gasteiger partial charge in [-0.2, -0.15) is 0 Å². The average Bonchev–Trinajstić information content (AvgIpc) is 2.66. The first-order valence-corrected chi connectivity index (χ1v) is 6.12. The fraction of sp³-hybridized carbons (Fsp3) is 0.800. The molecule has 0 saturated heterocycles. The quantitative estimate of drug-likeness (QED) is 0.736.